The fourth-order valence-electron chi connectivity index (χ4n) is 2.12. The first-order valence-corrected chi connectivity index (χ1v) is 8.00. The van der Waals surface area contributed by atoms with Gasteiger partial charge in [-0.05, 0) is 48.2 Å². The van der Waals surface area contributed by atoms with E-state index in [0.29, 0.717) is 6.54 Å². The van der Waals surface area contributed by atoms with Crippen LogP contribution in [-0.4, -0.2) is 38.0 Å². The second-order valence-electron chi connectivity index (χ2n) is 8.36. The van der Waals surface area contributed by atoms with Crippen LogP contribution in [0.2, 0.25) is 0 Å². The van der Waals surface area contributed by atoms with Crippen molar-refractivity contribution in [1.29, 1.82) is 0 Å². The maximum absolute atomic E-state index is 12.5. The number of likely N-dealkylation sites (N-methyl/N-ethyl adjacent to an activating group) is 1. The van der Waals surface area contributed by atoms with Crippen molar-refractivity contribution in [2.24, 2.45) is 0 Å². The summed E-state index contributed by atoms with van der Waals surface area (Å²) in [6.45, 7) is 14.6. The first-order valence-electron chi connectivity index (χ1n) is 8.00. The van der Waals surface area contributed by atoms with Gasteiger partial charge in [0, 0.05) is 18.7 Å². The largest absolute Gasteiger partial charge is 0.351 e. The summed E-state index contributed by atoms with van der Waals surface area (Å²) < 4.78 is 0. The molecular weight excluding hydrogens is 272 g/mol. The molecular formula is C19H32N2O. The van der Waals surface area contributed by atoms with Crippen LogP contribution >= 0.6 is 0 Å². The molecule has 1 aromatic carbocycles. The fourth-order valence-corrected chi connectivity index (χ4v) is 2.12. The van der Waals surface area contributed by atoms with E-state index >= 15 is 0 Å². The minimum absolute atomic E-state index is 0.0125. The zero-order valence-corrected chi connectivity index (χ0v) is 15.5. The highest BCUT2D eigenvalue weighted by Gasteiger charge is 2.22. The molecule has 1 amide bonds. The molecule has 0 saturated carbocycles. The van der Waals surface area contributed by atoms with Crippen molar-refractivity contribution in [3.63, 3.8) is 0 Å². The number of rotatable bonds is 4. The molecule has 0 aliphatic heterocycles. The SMILES string of the molecule is CN(C)CCNC(=O)c1cc(C(C)(C)C)cc(C(C)(C)C)c1. The van der Waals surface area contributed by atoms with E-state index in [9.17, 15) is 4.79 Å². The number of carbonyl (C=O) groups is 1. The van der Waals surface area contributed by atoms with E-state index < -0.39 is 0 Å². The van der Waals surface area contributed by atoms with Gasteiger partial charge in [0.2, 0.25) is 0 Å². The summed E-state index contributed by atoms with van der Waals surface area (Å²) in [4.78, 5) is 14.5. The Kier molecular flexibility index (Phi) is 5.80. The van der Waals surface area contributed by atoms with Crippen LogP contribution in [0.25, 0.3) is 0 Å². The van der Waals surface area contributed by atoms with E-state index in [0.717, 1.165) is 12.1 Å². The first-order chi connectivity index (χ1) is 9.91. The predicted octanol–water partition coefficient (Wildman–Crippen LogP) is 3.57. The molecule has 0 unspecified atom stereocenters. The van der Waals surface area contributed by atoms with Crippen molar-refractivity contribution in [3.05, 3.63) is 34.9 Å². The minimum atomic E-state index is 0.0125. The lowest BCUT2D eigenvalue weighted by Crippen LogP contribution is -2.31. The van der Waals surface area contributed by atoms with Gasteiger partial charge in [0.25, 0.3) is 5.91 Å². The van der Waals surface area contributed by atoms with Crippen molar-refractivity contribution < 1.29 is 4.79 Å². The average Bonchev–Trinajstić information content (AvgIpc) is 2.35. The van der Waals surface area contributed by atoms with E-state index in [1.165, 1.54) is 11.1 Å². The van der Waals surface area contributed by atoms with Crippen LogP contribution < -0.4 is 5.32 Å². The van der Waals surface area contributed by atoms with Gasteiger partial charge in [-0.3, -0.25) is 4.79 Å². The van der Waals surface area contributed by atoms with E-state index in [1.807, 2.05) is 26.2 Å². The number of nitrogens with zero attached hydrogens (tertiary/aromatic N) is 1. The Morgan fingerprint density at radius 3 is 1.77 bits per heavy atom. The molecule has 0 aliphatic carbocycles. The van der Waals surface area contributed by atoms with Crippen molar-refractivity contribution in [1.82, 2.24) is 10.2 Å². The summed E-state index contributed by atoms with van der Waals surface area (Å²) in [5, 5.41) is 3.01. The minimum Gasteiger partial charge on any atom is -0.351 e. The predicted molar refractivity (Wildman–Crippen MR) is 94.7 cm³/mol. The zero-order valence-electron chi connectivity index (χ0n) is 15.5. The van der Waals surface area contributed by atoms with Crippen molar-refractivity contribution in [2.45, 2.75) is 52.4 Å². The van der Waals surface area contributed by atoms with Gasteiger partial charge in [0.15, 0.2) is 0 Å². The fraction of sp³-hybridized carbons (Fsp3) is 0.632. The van der Waals surface area contributed by atoms with E-state index in [4.69, 9.17) is 0 Å². The van der Waals surface area contributed by atoms with Crippen molar-refractivity contribution in [2.75, 3.05) is 27.2 Å². The van der Waals surface area contributed by atoms with Crippen LogP contribution in [0.4, 0.5) is 0 Å². The molecule has 22 heavy (non-hydrogen) atoms. The maximum atomic E-state index is 12.5. The average molecular weight is 304 g/mol. The number of carbonyl (C=O) groups excluding carboxylic acids is 1. The number of nitrogens with one attached hydrogen (secondary N) is 1. The summed E-state index contributed by atoms with van der Waals surface area (Å²) in [6, 6.07) is 6.29. The summed E-state index contributed by atoms with van der Waals surface area (Å²) in [7, 11) is 4.01. The topological polar surface area (TPSA) is 32.3 Å². The third kappa shape index (κ3) is 5.45. The third-order valence-corrected chi connectivity index (χ3v) is 3.77. The number of hydrogen-bond donors (Lipinski definition) is 1. The van der Waals surface area contributed by atoms with Gasteiger partial charge >= 0.3 is 0 Å². The molecule has 0 bridgehead atoms. The summed E-state index contributed by atoms with van der Waals surface area (Å²) >= 11 is 0. The lowest BCUT2D eigenvalue weighted by atomic mass is 9.79. The smallest absolute Gasteiger partial charge is 0.251 e. The van der Waals surface area contributed by atoms with Gasteiger partial charge in [0.1, 0.15) is 0 Å². The molecule has 0 heterocycles. The Balaban J connectivity index is 3.10. The summed E-state index contributed by atoms with van der Waals surface area (Å²) in [5.74, 6) is 0.0125. The van der Waals surface area contributed by atoms with Crippen LogP contribution in [0.3, 0.4) is 0 Å². The quantitative estimate of drug-likeness (QED) is 0.922. The second kappa shape index (κ2) is 6.82. The molecule has 3 nitrogen and oxygen atoms in total. The second-order valence-corrected chi connectivity index (χ2v) is 8.36. The number of benzene rings is 1. The highest BCUT2D eigenvalue weighted by molar-refractivity contribution is 5.94. The molecule has 0 aliphatic rings. The monoisotopic (exact) mass is 304 g/mol. The van der Waals surface area contributed by atoms with Crippen molar-refractivity contribution >= 4 is 5.91 Å². The Bertz CT molecular complexity index is 487. The lowest BCUT2D eigenvalue weighted by Gasteiger charge is -2.26. The van der Waals surface area contributed by atoms with Crippen LogP contribution in [-0.2, 0) is 10.8 Å². The van der Waals surface area contributed by atoms with E-state index in [-0.39, 0.29) is 16.7 Å². The molecule has 0 fully saturated rings. The van der Waals surface area contributed by atoms with Crippen LogP contribution in [0.15, 0.2) is 18.2 Å². The highest BCUT2D eigenvalue weighted by atomic mass is 16.1. The molecule has 3 heteroatoms. The first kappa shape index (κ1) is 18.7. The van der Waals surface area contributed by atoms with E-state index in [2.05, 4.69) is 57.8 Å². The van der Waals surface area contributed by atoms with Crippen LogP contribution in [0.5, 0.6) is 0 Å². The van der Waals surface area contributed by atoms with E-state index in [1.54, 1.807) is 0 Å². The molecule has 1 aromatic rings. The molecule has 0 spiro atoms. The number of amides is 1. The Hall–Kier alpha value is -1.35. The summed E-state index contributed by atoms with van der Waals surface area (Å²) in [6.07, 6.45) is 0. The van der Waals surface area contributed by atoms with Crippen LogP contribution in [0, 0.1) is 0 Å². The third-order valence-electron chi connectivity index (χ3n) is 3.77. The zero-order chi connectivity index (χ0) is 17.1. The standard InChI is InChI=1S/C19H32N2O/c1-18(2,3)15-11-14(12-16(13-15)19(4,5)6)17(22)20-9-10-21(7)8/h11-13H,9-10H2,1-8H3,(H,20,22). The van der Waals surface area contributed by atoms with Crippen molar-refractivity contribution in [3.8, 4) is 0 Å². The molecule has 1 N–H and O–H groups in total. The lowest BCUT2D eigenvalue weighted by molar-refractivity contribution is 0.0951. The number of hydrogen-bond acceptors (Lipinski definition) is 2. The van der Waals surface area contributed by atoms with Gasteiger partial charge in [-0.2, -0.15) is 0 Å². The van der Waals surface area contributed by atoms with Gasteiger partial charge in [-0.1, -0.05) is 47.6 Å². The molecule has 0 aromatic heterocycles. The normalized spacial score (nSPS) is 12.6. The molecule has 0 radical (unpaired) electrons. The van der Waals surface area contributed by atoms with Crippen LogP contribution in [0.1, 0.15) is 63.0 Å². The Labute approximate surface area is 136 Å². The van der Waals surface area contributed by atoms with Gasteiger partial charge in [0.05, 0.1) is 0 Å². The van der Waals surface area contributed by atoms with Gasteiger partial charge < -0.3 is 10.2 Å². The van der Waals surface area contributed by atoms with Gasteiger partial charge in [-0.25, -0.2) is 0 Å². The molecule has 1 rings (SSSR count). The Morgan fingerprint density at radius 2 is 1.41 bits per heavy atom. The summed E-state index contributed by atoms with van der Waals surface area (Å²) in [5.41, 5.74) is 3.23. The maximum Gasteiger partial charge on any atom is 0.251 e. The van der Waals surface area contributed by atoms with Gasteiger partial charge in [-0.15, -0.1) is 0 Å². The highest BCUT2D eigenvalue weighted by Crippen LogP contribution is 2.30. The Morgan fingerprint density at radius 1 is 0.955 bits per heavy atom. The molecule has 0 saturated heterocycles. The molecule has 124 valence electrons. The molecule has 0 atom stereocenters.